The SMILES string of the molecule is COC1(OC)C(C)(C)C2(N=NC(C(C)(C)C)(C(C)(C)C)[Se]2)C1(C)C. The quantitative estimate of drug-likeness (QED) is 0.496. The standard InChI is InChI=1S/C19H36N2O2Se/c1-13(2,3)17(14(4,5)6)20-21-18(24-17)15(7,8)19(22-11,23-12)16(18,9)10/h1-12H3. The van der Waals surface area contributed by atoms with Crippen LogP contribution >= 0.6 is 0 Å². The minimum atomic E-state index is -0.646. The van der Waals surface area contributed by atoms with Crippen LogP contribution in [0, 0.1) is 21.7 Å². The molecule has 2 rings (SSSR count). The first kappa shape index (κ1) is 20.4. The van der Waals surface area contributed by atoms with Crippen molar-refractivity contribution in [3.05, 3.63) is 0 Å². The van der Waals surface area contributed by atoms with Gasteiger partial charge in [-0.2, -0.15) is 0 Å². The van der Waals surface area contributed by atoms with Crippen molar-refractivity contribution < 1.29 is 9.47 Å². The molecule has 1 heterocycles. The van der Waals surface area contributed by atoms with Gasteiger partial charge in [0.2, 0.25) is 0 Å². The molecule has 2 aliphatic rings. The first-order chi connectivity index (χ1) is 10.5. The Labute approximate surface area is 154 Å². The summed E-state index contributed by atoms with van der Waals surface area (Å²) in [6.45, 7) is 22.7. The van der Waals surface area contributed by atoms with Gasteiger partial charge in [0.05, 0.1) is 0 Å². The second kappa shape index (κ2) is 5.06. The summed E-state index contributed by atoms with van der Waals surface area (Å²) in [5, 5.41) is 10.1. The third kappa shape index (κ3) is 1.83. The molecule has 0 aromatic heterocycles. The van der Waals surface area contributed by atoms with E-state index in [1.807, 2.05) is 0 Å². The molecule has 0 aromatic carbocycles. The second-order valence-electron chi connectivity index (χ2n) is 10.4. The normalized spacial score (nSPS) is 28.8. The van der Waals surface area contributed by atoms with Gasteiger partial charge in [-0.25, -0.2) is 0 Å². The monoisotopic (exact) mass is 404 g/mol. The summed E-state index contributed by atoms with van der Waals surface area (Å²) in [7, 11) is 3.50. The topological polar surface area (TPSA) is 43.2 Å². The molecular formula is C19H36N2O2Se. The molecule has 0 radical (unpaired) electrons. The van der Waals surface area contributed by atoms with Crippen molar-refractivity contribution in [2.45, 2.75) is 83.9 Å². The van der Waals surface area contributed by atoms with Crippen molar-refractivity contribution in [1.29, 1.82) is 0 Å². The molecule has 0 unspecified atom stereocenters. The van der Waals surface area contributed by atoms with Gasteiger partial charge in [0.1, 0.15) is 0 Å². The Balaban J connectivity index is 2.63. The zero-order valence-electron chi connectivity index (χ0n) is 17.6. The summed E-state index contributed by atoms with van der Waals surface area (Å²) in [6.07, 6.45) is 0. The van der Waals surface area contributed by atoms with Crippen LogP contribution in [0.4, 0.5) is 0 Å². The number of ether oxygens (including phenoxy) is 2. The summed E-state index contributed by atoms with van der Waals surface area (Å²) in [5.41, 5.74) is -0.394. The molecule has 0 bridgehead atoms. The van der Waals surface area contributed by atoms with Crippen LogP contribution in [-0.4, -0.2) is 43.8 Å². The number of rotatable bonds is 2. The van der Waals surface area contributed by atoms with Crippen molar-refractivity contribution in [1.82, 2.24) is 0 Å². The molecule has 5 heteroatoms. The Morgan fingerprint density at radius 3 is 1.33 bits per heavy atom. The van der Waals surface area contributed by atoms with E-state index < -0.39 is 5.79 Å². The van der Waals surface area contributed by atoms with Crippen LogP contribution in [0.3, 0.4) is 0 Å². The van der Waals surface area contributed by atoms with Crippen molar-refractivity contribution in [3.8, 4) is 0 Å². The van der Waals surface area contributed by atoms with E-state index in [1.54, 1.807) is 14.2 Å². The second-order valence-corrected chi connectivity index (χ2v) is 13.3. The number of nitrogens with zero attached hydrogens (tertiary/aromatic N) is 2. The zero-order chi connectivity index (χ0) is 19.0. The van der Waals surface area contributed by atoms with Crippen LogP contribution in [0.1, 0.15) is 69.2 Å². The van der Waals surface area contributed by atoms with E-state index in [-0.39, 0.29) is 45.5 Å². The maximum absolute atomic E-state index is 5.97. The average molecular weight is 403 g/mol. The number of methoxy groups -OCH3 is 2. The molecule has 1 aliphatic carbocycles. The summed E-state index contributed by atoms with van der Waals surface area (Å²) >= 11 is 0.171. The molecule has 0 amide bonds. The van der Waals surface area contributed by atoms with E-state index in [4.69, 9.17) is 19.7 Å². The van der Waals surface area contributed by atoms with Gasteiger partial charge in [0.25, 0.3) is 0 Å². The molecule has 1 aliphatic heterocycles. The Kier molecular flexibility index (Phi) is 4.29. The Morgan fingerprint density at radius 2 is 1.08 bits per heavy atom. The summed E-state index contributed by atoms with van der Waals surface area (Å²) in [5.74, 6) is -0.646. The van der Waals surface area contributed by atoms with Gasteiger partial charge in [-0.1, -0.05) is 0 Å². The van der Waals surface area contributed by atoms with Crippen molar-refractivity contribution in [2.75, 3.05) is 14.2 Å². The first-order valence-electron chi connectivity index (χ1n) is 8.78. The van der Waals surface area contributed by atoms with E-state index in [0.29, 0.717) is 0 Å². The predicted molar refractivity (Wildman–Crippen MR) is 99.3 cm³/mol. The van der Waals surface area contributed by atoms with Crippen LogP contribution in [0.15, 0.2) is 10.2 Å². The Morgan fingerprint density at radius 1 is 0.708 bits per heavy atom. The van der Waals surface area contributed by atoms with Gasteiger partial charge in [-0.3, -0.25) is 0 Å². The molecule has 4 nitrogen and oxygen atoms in total. The van der Waals surface area contributed by atoms with Gasteiger partial charge in [-0.15, -0.1) is 0 Å². The van der Waals surface area contributed by atoms with E-state index in [1.165, 1.54) is 0 Å². The van der Waals surface area contributed by atoms with Crippen molar-refractivity contribution >= 4 is 15.0 Å². The maximum atomic E-state index is 5.97. The Hall–Kier alpha value is 0.0395. The van der Waals surface area contributed by atoms with Crippen molar-refractivity contribution in [2.24, 2.45) is 31.9 Å². The van der Waals surface area contributed by atoms with Gasteiger partial charge < -0.3 is 0 Å². The minimum absolute atomic E-state index is 0.0444. The zero-order valence-corrected chi connectivity index (χ0v) is 19.3. The summed E-state index contributed by atoms with van der Waals surface area (Å²) in [4.78, 5) is 0. The van der Waals surface area contributed by atoms with Gasteiger partial charge >= 0.3 is 154 Å². The van der Waals surface area contributed by atoms with E-state index in [0.717, 1.165) is 0 Å². The predicted octanol–water partition coefficient (Wildman–Crippen LogP) is 4.70. The molecular weight excluding hydrogens is 367 g/mol. The van der Waals surface area contributed by atoms with Gasteiger partial charge in [-0.05, 0) is 0 Å². The fraction of sp³-hybridized carbons (Fsp3) is 1.00. The van der Waals surface area contributed by atoms with Crippen molar-refractivity contribution in [3.63, 3.8) is 0 Å². The molecule has 0 aromatic rings. The molecule has 140 valence electrons. The third-order valence-corrected chi connectivity index (χ3v) is 12.9. The first-order valence-corrected chi connectivity index (χ1v) is 10.5. The van der Waals surface area contributed by atoms with E-state index in [9.17, 15) is 0 Å². The molecule has 1 spiro atoms. The Bertz CT molecular complexity index is 517. The number of hydrogen-bond donors (Lipinski definition) is 0. The van der Waals surface area contributed by atoms with E-state index >= 15 is 0 Å². The van der Waals surface area contributed by atoms with Crippen LogP contribution < -0.4 is 0 Å². The van der Waals surface area contributed by atoms with Crippen LogP contribution in [0.2, 0.25) is 0 Å². The third-order valence-electron chi connectivity index (χ3n) is 6.58. The molecule has 1 saturated carbocycles. The molecule has 0 N–H and O–H groups in total. The summed E-state index contributed by atoms with van der Waals surface area (Å²) < 4.78 is 11.5. The molecule has 24 heavy (non-hydrogen) atoms. The fourth-order valence-electron chi connectivity index (χ4n) is 5.68. The van der Waals surface area contributed by atoms with Crippen LogP contribution in [-0.2, 0) is 9.47 Å². The fourth-order valence-corrected chi connectivity index (χ4v) is 9.84. The molecule has 1 fully saturated rings. The van der Waals surface area contributed by atoms with Crippen LogP contribution in [0.25, 0.3) is 0 Å². The van der Waals surface area contributed by atoms with Crippen LogP contribution in [0.5, 0.6) is 0 Å². The molecule has 0 atom stereocenters. The number of hydrogen-bond acceptors (Lipinski definition) is 4. The van der Waals surface area contributed by atoms with Gasteiger partial charge in [0.15, 0.2) is 0 Å². The van der Waals surface area contributed by atoms with Gasteiger partial charge in [0, 0.05) is 0 Å². The number of azo groups is 1. The average Bonchev–Trinajstić information content (AvgIpc) is 2.83. The summed E-state index contributed by atoms with van der Waals surface area (Å²) in [6, 6.07) is 0. The molecule has 0 saturated heterocycles. The van der Waals surface area contributed by atoms with E-state index in [2.05, 4.69) is 69.2 Å².